The Bertz CT molecular complexity index is 517. The second kappa shape index (κ2) is 7.58. The normalized spacial score (nSPS) is 10.9. The van der Waals surface area contributed by atoms with Crippen molar-refractivity contribution in [3.8, 4) is 0 Å². The molecule has 21 heavy (non-hydrogen) atoms. The summed E-state index contributed by atoms with van der Waals surface area (Å²) < 4.78 is 0. The van der Waals surface area contributed by atoms with Crippen LogP contribution in [0.3, 0.4) is 0 Å². The van der Waals surface area contributed by atoms with E-state index in [2.05, 4.69) is 24.1 Å². The zero-order chi connectivity index (χ0) is 16.0. The van der Waals surface area contributed by atoms with Gasteiger partial charge in [-0.15, -0.1) is 0 Å². The molecule has 0 fully saturated rings. The summed E-state index contributed by atoms with van der Waals surface area (Å²) in [6.07, 6.45) is 0.840. The highest BCUT2D eigenvalue weighted by atomic mass is 16.6. The van der Waals surface area contributed by atoms with Crippen LogP contribution < -0.4 is 5.32 Å². The second-order valence-electron chi connectivity index (χ2n) is 5.15. The highest BCUT2D eigenvalue weighted by Gasteiger charge is 2.16. The summed E-state index contributed by atoms with van der Waals surface area (Å²) >= 11 is 0. The molecule has 0 radical (unpaired) electrons. The lowest BCUT2D eigenvalue weighted by Crippen LogP contribution is -2.28. The molecule has 0 amide bonds. The Labute approximate surface area is 123 Å². The van der Waals surface area contributed by atoms with Gasteiger partial charge in [-0.2, -0.15) is 0 Å². The van der Waals surface area contributed by atoms with Crippen molar-refractivity contribution < 1.29 is 14.8 Å². The Morgan fingerprint density at radius 1 is 1.48 bits per heavy atom. The Hall–Kier alpha value is -2.15. The fourth-order valence-electron chi connectivity index (χ4n) is 1.77. The summed E-state index contributed by atoms with van der Waals surface area (Å²) in [4.78, 5) is 23.4. The molecule has 116 valence electrons. The van der Waals surface area contributed by atoms with Crippen LogP contribution in [0.1, 0.15) is 30.6 Å². The number of nitrogens with zero attached hydrogens (tertiary/aromatic N) is 2. The maximum Gasteiger partial charge on any atom is 0.335 e. The zero-order valence-corrected chi connectivity index (χ0v) is 12.5. The average Bonchev–Trinajstić information content (AvgIpc) is 2.42. The van der Waals surface area contributed by atoms with E-state index in [1.807, 2.05) is 7.05 Å². The lowest BCUT2D eigenvalue weighted by atomic mass is 10.1. The van der Waals surface area contributed by atoms with Gasteiger partial charge < -0.3 is 15.3 Å². The Kier molecular flexibility index (Phi) is 6.10. The molecule has 0 atom stereocenters. The van der Waals surface area contributed by atoms with Gasteiger partial charge in [0.2, 0.25) is 0 Å². The number of nitrogens with one attached hydrogen (secondary N) is 1. The highest BCUT2D eigenvalue weighted by Crippen LogP contribution is 2.25. The van der Waals surface area contributed by atoms with Crippen molar-refractivity contribution in [1.82, 2.24) is 4.90 Å². The van der Waals surface area contributed by atoms with Gasteiger partial charge >= 0.3 is 5.97 Å². The van der Waals surface area contributed by atoms with Gasteiger partial charge in [-0.3, -0.25) is 10.1 Å². The molecule has 7 nitrogen and oxygen atoms in total. The maximum absolute atomic E-state index is 11.0. The number of rotatable bonds is 8. The van der Waals surface area contributed by atoms with Crippen LogP contribution in [0.5, 0.6) is 0 Å². The topological polar surface area (TPSA) is 95.7 Å². The molecule has 0 aliphatic rings. The molecule has 0 saturated heterocycles. The van der Waals surface area contributed by atoms with Crippen molar-refractivity contribution in [1.29, 1.82) is 0 Å². The first-order chi connectivity index (χ1) is 9.82. The van der Waals surface area contributed by atoms with E-state index in [9.17, 15) is 14.9 Å². The molecule has 1 aromatic rings. The van der Waals surface area contributed by atoms with Gasteiger partial charge in [0, 0.05) is 18.7 Å². The predicted molar refractivity (Wildman–Crippen MR) is 80.9 cm³/mol. The van der Waals surface area contributed by atoms with Gasteiger partial charge in [-0.1, -0.05) is 0 Å². The molecule has 0 aliphatic carbocycles. The second-order valence-corrected chi connectivity index (χ2v) is 5.15. The van der Waals surface area contributed by atoms with Crippen LogP contribution in [-0.2, 0) is 0 Å². The van der Waals surface area contributed by atoms with Gasteiger partial charge in [0.05, 0.1) is 10.5 Å². The first kappa shape index (κ1) is 16.9. The van der Waals surface area contributed by atoms with E-state index in [-0.39, 0.29) is 11.3 Å². The summed E-state index contributed by atoms with van der Waals surface area (Å²) in [5.41, 5.74) is 0.0381. The van der Waals surface area contributed by atoms with E-state index in [0.717, 1.165) is 19.0 Å². The lowest BCUT2D eigenvalue weighted by molar-refractivity contribution is -0.384. The van der Waals surface area contributed by atoms with Crippen LogP contribution in [0, 0.1) is 10.1 Å². The highest BCUT2D eigenvalue weighted by molar-refractivity contribution is 5.89. The minimum atomic E-state index is -1.18. The minimum absolute atomic E-state index is 0.0909. The van der Waals surface area contributed by atoms with E-state index >= 15 is 0 Å². The fourth-order valence-corrected chi connectivity index (χ4v) is 1.77. The molecule has 0 aromatic heterocycles. The zero-order valence-electron chi connectivity index (χ0n) is 12.5. The van der Waals surface area contributed by atoms with Crippen LogP contribution in [0.2, 0.25) is 0 Å². The number of carboxylic acids is 1. The third-order valence-corrected chi connectivity index (χ3v) is 3.33. The molecule has 0 saturated carbocycles. The molecule has 0 aliphatic heterocycles. The van der Waals surface area contributed by atoms with Gasteiger partial charge in [0.25, 0.3) is 5.69 Å². The van der Waals surface area contributed by atoms with Crippen LogP contribution >= 0.6 is 0 Å². The molecule has 7 heteroatoms. The molecule has 1 aromatic carbocycles. The van der Waals surface area contributed by atoms with Crippen LogP contribution in [0.4, 0.5) is 11.4 Å². The summed E-state index contributed by atoms with van der Waals surface area (Å²) in [7, 11) is 2.02. The molecular weight excluding hydrogens is 274 g/mol. The SMILES string of the molecule is CC(C)N(C)CCCNc1ccc(C(=O)O)cc1[N+](=O)[O-]. The largest absolute Gasteiger partial charge is 0.478 e. The quantitative estimate of drug-likeness (QED) is 0.434. The minimum Gasteiger partial charge on any atom is -0.478 e. The number of hydrogen-bond donors (Lipinski definition) is 2. The summed E-state index contributed by atoms with van der Waals surface area (Å²) in [5, 5.41) is 22.8. The summed E-state index contributed by atoms with van der Waals surface area (Å²) in [6.45, 7) is 5.67. The number of nitro benzene ring substituents is 1. The molecule has 0 heterocycles. The molecular formula is C14H21N3O4. The van der Waals surface area contributed by atoms with Crippen molar-refractivity contribution in [2.45, 2.75) is 26.3 Å². The smallest absolute Gasteiger partial charge is 0.335 e. The lowest BCUT2D eigenvalue weighted by Gasteiger charge is -2.20. The van der Waals surface area contributed by atoms with E-state index < -0.39 is 10.9 Å². The number of aromatic carboxylic acids is 1. The number of carbonyl (C=O) groups is 1. The van der Waals surface area contributed by atoms with Crippen molar-refractivity contribution in [2.75, 3.05) is 25.5 Å². The monoisotopic (exact) mass is 295 g/mol. The van der Waals surface area contributed by atoms with E-state index in [0.29, 0.717) is 18.3 Å². The Morgan fingerprint density at radius 3 is 2.67 bits per heavy atom. The number of anilines is 1. The third kappa shape index (κ3) is 5.03. The Balaban J connectivity index is 2.66. The average molecular weight is 295 g/mol. The van der Waals surface area contributed by atoms with Gasteiger partial charge in [0.1, 0.15) is 5.69 Å². The van der Waals surface area contributed by atoms with Crippen LogP contribution in [0.15, 0.2) is 18.2 Å². The van der Waals surface area contributed by atoms with Gasteiger partial charge in [-0.25, -0.2) is 4.79 Å². The first-order valence-corrected chi connectivity index (χ1v) is 6.78. The van der Waals surface area contributed by atoms with Crippen molar-refractivity contribution >= 4 is 17.3 Å². The number of hydrogen-bond acceptors (Lipinski definition) is 5. The number of benzene rings is 1. The molecule has 0 bridgehead atoms. The van der Waals surface area contributed by atoms with Gasteiger partial charge in [-0.05, 0) is 46.0 Å². The molecule has 1 rings (SSSR count). The van der Waals surface area contributed by atoms with Gasteiger partial charge in [0.15, 0.2) is 0 Å². The predicted octanol–water partition coefficient (Wildman–Crippen LogP) is 2.44. The Morgan fingerprint density at radius 2 is 2.14 bits per heavy atom. The summed E-state index contributed by atoms with van der Waals surface area (Å²) in [6, 6.07) is 4.32. The number of nitro groups is 1. The van der Waals surface area contributed by atoms with E-state index in [4.69, 9.17) is 5.11 Å². The van der Waals surface area contributed by atoms with E-state index in [1.54, 1.807) is 0 Å². The molecule has 0 spiro atoms. The summed E-state index contributed by atoms with van der Waals surface area (Å²) in [5.74, 6) is -1.18. The maximum atomic E-state index is 11.0. The molecule has 0 unspecified atom stereocenters. The fraction of sp³-hybridized carbons (Fsp3) is 0.500. The molecule has 2 N–H and O–H groups in total. The van der Waals surface area contributed by atoms with Crippen molar-refractivity contribution in [3.05, 3.63) is 33.9 Å². The van der Waals surface area contributed by atoms with Crippen molar-refractivity contribution in [2.24, 2.45) is 0 Å². The van der Waals surface area contributed by atoms with Crippen LogP contribution in [-0.4, -0.2) is 47.1 Å². The standard InChI is InChI=1S/C14H21N3O4/c1-10(2)16(3)8-4-7-15-12-6-5-11(14(18)19)9-13(12)17(20)21/h5-6,9-10,15H,4,7-8H2,1-3H3,(H,18,19). The number of carboxylic acid groups (broad SMARTS) is 1. The van der Waals surface area contributed by atoms with E-state index in [1.165, 1.54) is 12.1 Å². The van der Waals surface area contributed by atoms with Crippen molar-refractivity contribution in [3.63, 3.8) is 0 Å². The third-order valence-electron chi connectivity index (χ3n) is 3.33. The van der Waals surface area contributed by atoms with Crippen LogP contribution in [0.25, 0.3) is 0 Å². The first-order valence-electron chi connectivity index (χ1n) is 6.78.